The Balaban J connectivity index is 2.22. The van der Waals surface area contributed by atoms with E-state index < -0.39 is 11.5 Å². The number of hydrogen-bond acceptors (Lipinski definition) is 3. The molecule has 0 fully saturated rings. The van der Waals surface area contributed by atoms with Crippen molar-refractivity contribution < 1.29 is 19.4 Å². The Morgan fingerprint density at radius 3 is 2.48 bits per heavy atom. The molecule has 0 spiro atoms. The third kappa shape index (κ3) is 5.22. The predicted octanol–water partition coefficient (Wildman–Crippen LogP) is 3.40. The lowest BCUT2D eigenvalue weighted by Gasteiger charge is -2.30. The van der Waals surface area contributed by atoms with E-state index in [1.54, 1.807) is 55.5 Å². The summed E-state index contributed by atoms with van der Waals surface area (Å²) in [7, 11) is 1.53. The molecule has 0 saturated heterocycles. The van der Waals surface area contributed by atoms with Crippen LogP contribution in [0.4, 0.5) is 0 Å². The number of nitrogens with one attached hydrogen (secondary N) is 1. The van der Waals surface area contributed by atoms with E-state index in [4.69, 9.17) is 16.3 Å². The van der Waals surface area contributed by atoms with Crippen LogP contribution in [0.25, 0.3) is 0 Å². The summed E-state index contributed by atoms with van der Waals surface area (Å²) >= 11 is 5.84. The first kappa shape index (κ1) is 18.8. The fraction of sp³-hybridized carbons (Fsp3) is 0.263. The minimum atomic E-state index is -1.05. The van der Waals surface area contributed by atoms with Crippen molar-refractivity contribution in [2.75, 3.05) is 7.11 Å². The lowest BCUT2D eigenvalue weighted by molar-refractivity contribution is -0.139. The highest BCUT2D eigenvalue weighted by Gasteiger charge is 2.31. The molecule has 0 aliphatic carbocycles. The molecule has 2 aromatic rings. The van der Waals surface area contributed by atoms with Crippen molar-refractivity contribution in [3.05, 3.63) is 64.7 Å². The van der Waals surface area contributed by atoms with E-state index in [0.717, 1.165) is 5.56 Å². The number of carbonyl (C=O) groups is 2. The fourth-order valence-corrected chi connectivity index (χ4v) is 2.75. The minimum absolute atomic E-state index is 0.135. The molecule has 0 radical (unpaired) electrons. The van der Waals surface area contributed by atoms with Crippen LogP contribution in [0.2, 0.25) is 5.02 Å². The summed E-state index contributed by atoms with van der Waals surface area (Å²) in [6.07, 6.45) is -0.108. The summed E-state index contributed by atoms with van der Waals surface area (Å²) in [6.45, 7) is 1.69. The monoisotopic (exact) mass is 361 g/mol. The molecule has 2 rings (SSSR count). The molecular weight excluding hydrogens is 342 g/mol. The van der Waals surface area contributed by atoms with Crippen LogP contribution in [0.1, 0.15) is 24.5 Å². The van der Waals surface area contributed by atoms with Gasteiger partial charge in [0.25, 0.3) is 0 Å². The van der Waals surface area contributed by atoms with Crippen LogP contribution in [-0.4, -0.2) is 24.1 Å². The zero-order valence-corrected chi connectivity index (χ0v) is 14.8. The molecule has 1 amide bonds. The number of benzene rings is 2. The SMILES string of the molecule is COc1cccc(C(C)(CC(=O)O)NC(=O)Cc2ccc(Cl)cc2)c1. The Kier molecular flexibility index (Phi) is 6.04. The van der Waals surface area contributed by atoms with Gasteiger partial charge in [0.2, 0.25) is 5.91 Å². The van der Waals surface area contributed by atoms with Gasteiger partial charge in [0, 0.05) is 5.02 Å². The number of carbonyl (C=O) groups excluding carboxylic acids is 1. The van der Waals surface area contributed by atoms with Crippen molar-refractivity contribution in [2.45, 2.75) is 25.3 Å². The number of methoxy groups -OCH3 is 1. The largest absolute Gasteiger partial charge is 0.497 e. The number of aliphatic carboxylic acids is 1. The minimum Gasteiger partial charge on any atom is -0.497 e. The maximum Gasteiger partial charge on any atom is 0.306 e. The van der Waals surface area contributed by atoms with Gasteiger partial charge in [-0.2, -0.15) is 0 Å². The second kappa shape index (κ2) is 8.03. The predicted molar refractivity (Wildman–Crippen MR) is 95.9 cm³/mol. The molecule has 2 N–H and O–H groups in total. The van der Waals surface area contributed by atoms with E-state index in [0.29, 0.717) is 16.3 Å². The van der Waals surface area contributed by atoms with Gasteiger partial charge in [-0.25, -0.2) is 0 Å². The van der Waals surface area contributed by atoms with Gasteiger partial charge in [-0.3, -0.25) is 9.59 Å². The van der Waals surface area contributed by atoms with Gasteiger partial charge in [0.05, 0.1) is 25.5 Å². The van der Waals surface area contributed by atoms with E-state index >= 15 is 0 Å². The number of carboxylic acid groups (broad SMARTS) is 1. The Bertz CT molecular complexity index is 760. The molecule has 0 aliphatic rings. The van der Waals surface area contributed by atoms with E-state index in [2.05, 4.69) is 5.32 Å². The quantitative estimate of drug-likeness (QED) is 0.792. The molecule has 0 bridgehead atoms. The highest BCUT2D eigenvalue weighted by molar-refractivity contribution is 6.30. The van der Waals surface area contributed by atoms with E-state index in [1.807, 2.05) is 0 Å². The number of amides is 1. The first-order valence-electron chi connectivity index (χ1n) is 7.74. The van der Waals surface area contributed by atoms with E-state index in [9.17, 15) is 14.7 Å². The number of hydrogen-bond donors (Lipinski definition) is 2. The smallest absolute Gasteiger partial charge is 0.306 e. The summed E-state index contributed by atoms with van der Waals surface area (Å²) in [5.41, 5.74) is 0.410. The zero-order chi connectivity index (χ0) is 18.4. The van der Waals surface area contributed by atoms with Gasteiger partial charge in [0.1, 0.15) is 5.75 Å². The first-order valence-corrected chi connectivity index (χ1v) is 8.12. The third-order valence-electron chi connectivity index (χ3n) is 3.90. The number of halogens is 1. The molecule has 2 aromatic carbocycles. The van der Waals surface area contributed by atoms with Gasteiger partial charge < -0.3 is 15.2 Å². The van der Waals surface area contributed by atoms with Crippen molar-refractivity contribution >= 4 is 23.5 Å². The van der Waals surface area contributed by atoms with Crippen LogP contribution in [0.5, 0.6) is 5.75 Å². The molecule has 5 nitrogen and oxygen atoms in total. The summed E-state index contributed by atoms with van der Waals surface area (Å²) in [5.74, 6) is -0.674. The average molecular weight is 362 g/mol. The van der Waals surface area contributed by atoms with Crippen molar-refractivity contribution in [1.29, 1.82) is 0 Å². The van der Waals surface area contributed by atoms with E-state index in [1.165, 1.54) is 7.11 Å². The van der Waals surface area contributed by atoms with Crippen molar-refractivity contribution in [3.8, 4) is 5.75 Å². The molecule has 0 saturated carbocycles. The molecule has 0 aliphatic heterocycles. The van der Waals surface area contributed by atoms with Gasteiger partial charge in [-0.15, -0.1) is 0 Å². The lowest BCUT2D eigenvalue weighted by Crippen LogP contribution is -2.45. The fourth-order valence-electron chi connectivity index (χ4n) is 2.63. The molecule has 0 heterocycles. The Morgan fingerprint density at radius 2 is 1.88 bits per heavy atom. The van der Waals surface area contributed by atoms with Crippen LogP contribution >= 0.6 is 11.6 Å². The standard InChI is InChI=1S/C19H20ClNO4/c1-19(12-18(23)24,14-4-3-5-16(11-14)25-2)21-17(22)10-13-6-8-15(20)9-7-13/h3-9,11H,10,12H2,1-2H3,(H,21,22)(H,23,24). The zero-order valence-electron chi connectivity index (χ0n) is 14.1. The molecule has 1 atom stereocenters. The molecule has 6 heteroatoms. The van der Waals surface area contributed by atoms with Gasteiger partial charge in [0.15, 0.2) is 0 Å². The van der Waals surface area contributed by atoms with Gasteiger partial charge in [-0.05, 0) is 42.3 Å². The Labute approximate surface area is 151 Å². The number of ether oxygens (including phenoxy) is 1. The maximum absolute atomic E-state index is 12.5. The van der Waals surface area contributed by atoms with Crippen LogP contribution in [0, 0.1) is 0 Å². The van der Waals surface area contributed by atoms with Crippen LogP contribution < -0.4 is 10.1 Å². The van der Waals surface area contributed by atoms with Gasteiger partial charge >= 0.3 is 5.97 Å². The number of rotatable bonds is 7. The highest BCUT2D eigenvalue weighted by Crippen LogP contribution is 2.28. The molecular formula is C19H20ClNO4. The highest BCUT2D eigenvalue weighted by atomic mass is 35.5. The van der Waals surface area contributed by atoms with Crippen molar-refractivity contribution in [2.24, 2.45) is 0 Å². The first-order chi connectivity index (χ1) is 11.8. The molecule has 1 unspecified atom stereocenters. The second-order valence-electron chi connectivity index (χ2n) is 5.99. The van der Waals surface area contributed by atoms with Crippen molar-refractivity contribution in [3.63, 3.8) is 0 Å². The normalized spacial score (nSPS) is 12.9. The average Bonchev–Trinajstić information content (AvgIpc) is 2.56. The van der Waals surface area contributed by atoms with E-state index in [-0.39, 0.29) is 18.7 Å². The van der Waals surface area contributed by atoms with Gasteiger partial charge in [-0.1, -0.05) is 35.9 Å². The molecule has 25 heavy (non-hydrogen) atoms. The summed E-state index contributed by atoms with van der Waals surface area (Å²) in [5, 5.41) is 12.7. The number of carboxylic acids is 1. The molecule has 132 valence electrons. The van der Waals surface area contributed by atoms with Crippen LogP contribution in [-0.2, 0) is 21.5 Å². The Morgan fingerprint density at radius 1 is 1.20 bits per heavy atom. The maximum atomic E-state index is 12.5. The summed E-state index contributed by atoms with van der Waals surface area (Å²) in [6, 6.07) is 14.0. The summed E-state index contributed by atoms with van der Waals surface area (Å²) in [4.78, 5) is 23.8. The van der Waals surface area contributed by atoms with Crippen molar-refractivity contribution in [1.82, 2.24) is 5.32 Å². The lowest BCUT2D eigenvalue weighted by atomic mass is 9.88. The van der Waals surface area contributed by atoms with Crippen LogP contribution in [0.3, 0.4) is 0 Å². The third-order valence-corrected chi connectivity index (χ3v) is 4.16. The summed E-state index contributed by atoms with van der Waals surface area (Å²) < 4.78 is 5.19. The Hall–Kier alpha value is -2.53. The van der Waals surface area contributed by atoms with Crippen LogP contribution in [0.15, 0.2) is 48.5 Å². The second-order valence-corrected chi connectivity index (χ2v) is 6.42. The molecule has 0 aromatic heterocycles. The topological polar surface area (TPSA) is 75.6 Å².